The number of rotatable bonds is 3. The molecule has 4 nitrogen and oxygen atoms in total. The van der Waals surface area contributed by atoms with E-state index < -0.39 is 0 Å². The molecule has 0 unspecified atom stereocenters. The lowest BCUT2D eigenvalue weighted by Gasteiger charge is -2.22. The smallest absolute Gasteiger partial charge is 0.496 e. The Balaban J connectivity index is 0.000000789. The second kappa shape index (κ2) is 13.5. The molecule has 2 aromatic carbocycles. The number of aryl methyl sites for hydroxylation is 1. The molecule has 172 valence electrons. The Morgan fingerprint density at radius 1 is 0.812 bits per heavy atom. The molecule has 0 atom stereocenters. The maximum Gasteiger partial charge on any atom is 0.537 e. The van der Waals surface area contributed by atoms with Gasteiger partial charge in [-0.25, -0.2) is 4.57 Å². The van der Waals surface area contributed by atoms with Crippen LogP contribution in [0.15, 0.2) is 66.9 Å². The summed E-state index contributed by atoms with van der Waals surface area (Å²) in [6.07, 6.45) is 2.09. The molecule has 2 heterocycles. The summed E-state index contributed by atoms with van der Waals surface area (Å²) in [5.41, 5.74) is 4.82. The number of nitrogens with zero attached hydrogens (tertiary/aromatic N) is 3. The van der Waals surface area contributed by atoms with Crippen molar-refractivity contribution < 1.29 is 9.30 Å². The van der Waals surface area contributed by atoms with Gasteiger partial charge in [-0.2, -0.15) is 0 Å². The second-order valence-corrected chi connectivity index (χ2v) is 6.70. The third kappa shape index (κ3) is 5.27. The van der Waals surface area contributed by atoms with E-state index in [-0.39, 0.29) is 6.98 Å². The van der Waals surface area contributed by atoms with Crippen LogP contribution in [0.3, 0.4) is 0 Å². The summed E-state index contributed by atoms with van der Waals surface area (Å²) in [5.74, 6) is 2.05. The van der Waals surface area contributed by atoms with Crippen molar-refractivity contribution in [2.75, 3.05) is 23.8 Å². The number of ether oxygens (including phenoxy) is 1. The number of hydrogen-bond donors (Lipinski definition) is 0. The summed E-state index contributed by atoms with van der Waals surface area (Å²) in [6, 6.07) is 21.2. The van der Waals surface area contributed by atoms with Crippen molar-refractivity contribution in [1.82, 2.24) is 0 Å². The van der Waals surface area contributed by atoms with Gasteiger partial charge in [-0.3, -0.25) is 4.81 Å². The second-order valence-electron chi connectivity index (χ2n) is 6.70. The zero-order chi connectivity index (χ0) is 24.3. The molecule has 0 N–H and O–H groups in total. The van der Waals surface area contributed by atoms with Crippen molar-refractivity contribution in [3.8, 4) is 5.75 Å². The molecule has 1 aliphatic rings. The molecule has 1 aliphatic heterocycles. The Kier molecular flexibility index (Phi) is 11.4. The molecule has 0 amide bonds. The van der Waals surface area contributed by atoms with E-state index in [1.165, 1.54) is 16.8 Å². The number of methoxy groups -OCH3 is 1. The number of aromatic nitrogens is 1. The largest absolute Gasteiger partial charge is 0.537 e. The lowest BCUT2D eigenvalue weighted by Crippen LogP contribution is -2.56. The summed E-state index contributed by atoms with van der Waals surface area (Å²) >= 11 is 0. The lowest BCUT2D eigenvalue weighted by molar-refractivity contribution is -0.658. The van der Waals surface area contributed by atoms with E-state index in [1.54, 1.807) is 7.11 Å². The number of fused-ring (bicyclic) bond motifs is 1. The SMILES string of the molecule is CC.CC.CC.COc1ccc2c(c1C)N(c1cccc[n+]1C)B(c1ccccc1)N2C. The third-order valence-corrected chi connectivity index (χ3v) is 5.18. The normalized spacial score (nSPS) is 11.2. The van der Waals surface area contributed by atoms with Crippen LogP contribution in [0.25, 0.3) is 0 Å². The average molecular weight is 434 g/mol. The summed E-state index contributed by atoms with van der Waals surface area (Å²) in [4.78, 5) is 4.74. The molecule has 4 rings (SSSR count). The van der Waals surface area contributed by atoms with E-state index in [4.69, 9.17) is 4.74 Å². The van der Waals surface area contributed by atoms with Crippen molar-refractivity contribution in [2.45, 2.75) is 48.5 Å². The van der Waals surface area contributed by atoms with Gasteiger partial charge < -0.3 is 9.55 Å². The van der Waals surface area contributed by atoms with E-state index in [0.717, 1.165) is 17.1 Å². The first-order valence-corrected chi connectivity index (χ1v) is 11.8. The maximum absolute atomic E-state index is 5.61. The standard InChI is InChI=1S/C21H23BN3O.3C2H6/c1-16-19(26-4)14-13-18-21(16)25(20-12-8-9-15-23(20)2)22(24(18)3)17-10-6-5-7-11-17;3*1-2/h5-15H,1-4H3;3*1-2H3/q+1;;;. The van der Waals surface area contributed by atoms with Gasteiger partial charge in [0.25, 0.3) is 5.82 Å². The molecular weight excluding hydrogens is 393 g/mol. The Morgan fingerprint density at radius 3 is 1.97 bits per heavy atom. The quantitative estimate of drug-likeness (QED) is 0.379. The Morgan fingerprint density at radius 2 is 1.41 bits per heavy atom. The third-order valence-electron chi connectivity index (χ3n) is 5.18. The van der Waals surface area contributed by atoms with Gasteiger partial charge in [0, 0.05) is 11.6 Å². The van der Waals surface area contributed by atoms with Crippen LogP contribution in [0.2, 0.25) is 0 Å². The molecule has 0 aliphatic carbocycles. The number of hydrogen-bond acceptors (Lipinski definition) is 3. The first-order chi connectivity index (χ1) is 15.6. The monoisotopic (exact) mass is 434 g/mol. The van der Waals surface area contributed by atoms with Gasteiger partial charge in [0.1, 0.15) is 11.4 Å². The van der Waals surface area contributed by atoms with Crippen LogP contribution in [0.5, 0.6) is 5.75 Å². The highest BCUT2D eigenvalue weighted by atomic mass is 16.5. The highest BCUT2D eigenvalue weighted by molar-refractivity contribution is 6.83. The van der Waals surface area contributed by atoms with Crippen molar-refractivity contribution in [1.29, 1.82) is 0 Å². The molecule has 0 saturated heterocycles. The van der Waals surface area contributed by atoms with Crippen LogP contribution in [0.1, 0.15) is 47.1 Å². The predicted molar refractivity (Wildman–Crippen MR) is 142 cm³/mol. The number of pyridine rings is 1. The van der Waals surface area contributed by atoms with Crippen molar-refractivity contribution >= 4 is 29.6 Å². The zero-order valence-electron chi connectivity index (χ0n) is 21.7. The minimum absolute atomic E-state index is 0.0885. The van der Waals surface area contributed by atoms with Crippen LogP contribution in [0.4, 0.5) is 17.2 Å². The van der Waals surface area contributed by atoms with Gasteiger partial charge >= 0.3 is 6.98 Å². The minimum Gasteiger partial charge on any atom is -0.496 e. The minimum atomic E-state index is 0.0885. The van der Waals surface area contributed by atoms with Crippen LogP contribution in [-0.2, 0) is 7.05 Å². The molecule has 0 bridgehead atoms. The van der Waals surface area contributed by atoms with Crippen LogP contribution < -0.4 is 24.4 Å². The van der Waals surface area contributed by atoms with Gasteiger partial charge in [-0.05, 0) is 37.6 Å². The van der Waals surface area contributed by atoms with Gasteiger partial charge in [-0.1, -0.05) is 77.9 Å². The van der Waals surface area contributed by atoms with Crippen molar-refractivity contribution in [3.63, 3.8) is 0 Å². The molecule has 1 aromatic heterocycles. The van der Waals surface area contributed by atoms with Gasteiger partial charge in [-0.15, -0.1) is 0 Å². The van der Waals surface area contributed by atoms with Crippen LogP contribution in [0, 0.1) is 6.92 Å². The Hall–Kier alpha value is -2.95. The maximum atomic E-state index is 5.61. The van der Waals surface area contributed by atoms with Crippen LogP contribution in [-0.4, -0.2) is 21.1 Å². The first kappa shape index (κ1) is 27.1. The van der Waals surface area contributed by atoms with Gasteiger partial charge in [0.05, 0.1) is 26.0 Å². The topological polar surface area (TPSA) is 19.6 Å². The molecule has 0 spiro atoms. The fourth-order valence-electron chi connectivity index (χ4n) is 3.91. The highest BCUT2D eigenvalue weighted by Crippen LogP contribution is 2.45. The number of benzene rings is 2. The molecule has 32 heavy (non-hydrogen) atoms. The Labute approximate surface area is 196 Å². The van der Waals surface area contributed by atoms with Gasteiger partial charge in [0.15, 0.2) is 0 Å². The molecule has 0 saturated carbocycles. The van der Waals surface area contributed by atoms with Gasteiger partial charge in [0.2, 0.25) is 0 Å². The summed E-state index contributed by atoms with van der Waals surface area (Å²) in [6.45, 7) is 14.2. The fourth-order valence-corrected chi connectivity index (χ4v) is 3.91. The molecule has 3 aromatic rings. The summed E-state index contributed by atoms with van der Waals surface area (Å²) in [5, 5.41) is 0. The molecule has 0 radical (unpaired) electrons. The predicted octanol–water partition coefficient (Wildman–Crippen LogP) is 5.89. The zero-order valence-corrected chi connectivity index (χ0v) is 21.7. The van der Waals surface area contributed by atoms with E-state index in [0.29, 0.717) is 0 Å². The van der Waals surface area contributed by atoms with E-state index in [1.807, 2.05) is 41.5 Å². The summed E-state index contributed by atoms with van der Waals surface area (Å²) in [7, 11) is 5.98. The molecular formula is C27H41BN3O+. The highest BCUT2D eigenvalue weighted by Gasteiger charge is 2.49. The van der Waals surface area contributed by atoms with E-state index >= 15 is 0 Å². The lowest BCUT2D eigenvalue weighted by atomic mass is 9.65. The van der Waals surface area contributed by atoms with E-state index in [2.05, 4.69) is 102 Å². The van der Waals surface area contributed by atoms with Crippen molar-refractivity contribution in [2.24, 2.45) is 7.05 Å². The molecule has 0 fully saturated rings. The Bertz CT molecular complexity index is 947. The first-order valence-electron chi connectivity index (χ1n) is 11.8. The number of anilines is 3. The molecule has 5 heteroatoms. The van der Waals surface area contributed by atoms with Crippen LogP contribution >= 0.6 is 0 Å². The van der Waals surface area contributed by atoms with Crippen molar-refractivity contribution in [3.05, 3.63) is 72.4 Å². The van der Waals surface area contributed by atoms with E-state index in [9.17, 15) is 0 Å². The average Bonchev–Trinajstić information content (AvgIpc) is 3.17. The summed E-state index contributed by atoms with van der Waals surface area (Å²) < 4.78 is 7.77. The fraction of sp³-hybridized carbons (Fsp3) is 0.370.